The molecule has 6 aromatic carbocycles. The van der Waals surface area contributed by atoms with Gasteiger partial charge < -0.3 is 10.2 Å². The van der Waals surface area contributed by atoms with Crippen molar-refractivity contribution in [1.29, 1.82) is 0 Å². The number of nitrogens with zero attached hydrogens (tertiary/aromatic N) is 1. The van der Waals surface area contributed by atoms with Gasteiger partial charge in [-0.1, -0.05) is 91.0 Å². The largest absolute Gasteiger partial charge is 0.352 e. The Labute approximate surface area is 243 Å². The summed E-state index contributed by atoms with van der Waals surface area (Å²) in [6.45, 7) is 0. The number of benzene rings is 6. The van der Waals surface area contributed by atoms with E-state index in [0.29, 0.717) is 22.3 Å². The van der Waals surface area contributed by atoms with E-state index in [0.717, 1.165) is 50.7 Å². The summed E-state index contributed by atoms with van der Waals surface area (Å²) >= 11 is 0. The number of hydrogen-bond donors (Lipinski definition) is 1. The monoisotopic (exact) mass is 540 g/mol. The van der Waals surface area contributed by atoms with E-state index in [9.17, 15) is 9.59 Å². The van der Waals surface area contributed by atoms with Crippen LogP contribution in [0.3, 0.4) is 0 Å². The van der Waals surface area contributed by atoms with Gasteiger partial charge in [0.2, 0.25) is 0 Å². The maximum Gasteiger partial charge on any atom is 0.194 e. The zero-order chi connectivity index (χ0) is 28.2. The normalized spacial score (nSPS) is 13.0. The van der Waals surface area contributed by atoms with E-state index in [1.165, 1.54) is 0 Å². The summed E-state index contributed by atoms with van der Waals surface area (Å²) in [5, 5.41) is 3.65. The van der Waals surface area contributed by atoms with Crippen LogP contribution in [-0.4, -0.2) is 11.6 Å². The molecule has 0 fully saturated rings. The van der Waals surface area contributed by atoms with Gasteiger partial charge in [0.15, 0.2) is 11.6 Å². The van der Waals surface area contributed by atoms with Crippen molar-refractivity contribution in [3.63, 3.8) is 0 Å². The van der Waals surface area contributed by atoms with Crippen molar-refractivity contribution in [2.24, 2.45) is 0 Å². The van der Waals surface area contributed by atoms with Gasteiger partial charge in [0.05, 0.1) is 22.7 Å². The smallest absolute Gasteiger partial charge is 0.194 e. The molecule has 0 saturated carbocycles. The molecule has 0 atom stereocenters. The minimum absolute atomic E-state index is 0.107. The molecule has 4 nitrogen and oxygen atoms in total. The molecule has 0 unspecified atom stereocenters. The van der Waals surface area contributed by atoms with Gasteiger partial charge >= 0.3 is 0 Å². The highest BCUT2D eigenvalue weighted by Crippen LogP contribution is 2.49. The van der Waals surface area contributed by atoms with Crippen LogP contribution in [0, 0.1) is 0 Å². The van der Waals surface area contributed by atoms with E-state index in [2.05, 4.69) is 83.0 Å². The Balaban J connectivity index is 1.23. The number of rotatable bonds is 3. The van der Waals surface area contributed by atoms with Crippen molar-refractivity contribution in [3.8, 4) is 22.3 Å². The number of hydrogen-bond acceptors (Lipinski definition) is 4. The SMILES string of the molecule is O=C1c2ccccc2C(=O)c2cc(-c3ccccc3-c3ccc4c(c3)Nc3ccccc3N4c3ccccc3)ccc21. The number of para-hydroxylation sites is 3. The van der Waals surface area contributed by atoms with Crippen molar-refractivity contribution in [3.05, 3.63) is 162 Å². The highest BCUT2D eigenvalue weighted by Gasteiger charge is 2.30. The molecule has 0 spiro atoms. The molecule has 8 rings (SSSR count). The molecule has 1 aliphatic carbocycles. The Morgan fingerprint density at radius 3 is 1.67 bits per heavy atom. The first-order valence-electron chi connectivity index (χ1n) is 13.9. The van der Waals surface area contributed by atoms with E-state index in [4.69, 9.17) is 0 Å². The van der Waals surface area contributed by atoms with Gasteiger partial charge in [-0.15, -0.1) is 0 Å². The van der Waals surface area contributed by atoms with Gasteiger partial charge in [0.25, 0.3) is 0 Å². The Kier molecular flexibility index (Phi) is 5.41. The van der Waals surface area contributed by atoms with E-state index in [1.807, 2.05) is 36.4 Å². The third kappa shape index (κ3) is 3.70. The Morgan fingerprint density at radius 1 is 0.405 bits per heavy atom. The van der Waals surface area contributed by atoms with Crippen LogP contribution in [-0.2, 0) is 0 Å². The summed E-state index contributed by atoms with van der Waals surface area (Å²) in [4.78, 5) is 28.9. The molecule has 0 bridgehead atoms. The van der Waals surface area contributed by atoms with Crippen molar-refractivity contribution in [2.45, 2.75) is 0 Å². The maximum atomic E-state index is 13.4. The minimum Gasteiger partial charge on any atom is -0.352 e. The first-order chi connectivity index (χ1) is 20.7. The molecule has 198 valence electrons. The molecule has 2 aliphatic rings. The van der Waals surface area contributed by atoms with Crippen molar-refractivity contribution in [1.82, 2.24) is 0 Å². The first-order valence-corrected chi connectivity index (χ1v) is 13.9. The molecule has 0 radical (unpaired) electrons. The summed E-state index contributed by atoms with van der Waals surface area (Å²) < 4.78 is 0. The topological polar surface area (TPSA) is 49.4 Å². The van der Waals surface area contributed by atoms with Gasteiger partial charge in [-0.25, -0.2) is 0 Å². The fourth-order valence-corrected chi connectivity index (χ4v) is 6.16. The molecule has 1 heterocycles. The van der Waals surface area contributed by atoms with Crippen LogP contribution in [0.4, 0.5) is 28.4 Å². The quantitative estimate of drug-likeness (QED) is 0.243. The summed E-state index contributed by atoms with van der Waals surface area (Å²) in [5.74, 6) is -0.221. The van der Waals surface area contributed by atoms with Crippen LogP contribution < -0.4 is 10.2 Å². The summed E-state index contributed by atoms with van der Waals surface area (Å²) in [7, 11) is 0. The molecule has 42 heavy (non-hydrogen) atoms. The second-order valence-electron chi connectivity index (χ2n) is 10.6. The van der Waals surface area contributed by atoms with Crippen molar-refractivity contribution < 1.29 is 9.59 Å². The van der Waals surface area contributed by atoms with Crippen LogP contribution in [0.5, 0.6) is 0 Å². The number of anilines is 5. The molecular formula is C38H24N2O2. The van der Waals surface area contributed by atoms with Crippen LogP contribution in [0.2, 0.25) is 0 Å². The van der Waals surface area contributed by atoms with Gasteiger partial charge in [0.1, 0.15) is 0 Å². The second kappa shape index (κ2) is 9.43. The lowest BCUT2D eigenvalue weighted by Gasteiger charge is -2.34. The van der Waals surface area contributed by atoms with Gasteiger partial charge in [-0.3, -0.25) is 9.59 Å². The predicted molar refractivity (Wildman–Crippen MR) is 169 cm³/mol. The van der Waals surface area contributed by atoms with Gasteiger partial charge in [-0.2, -0.15) is 0 Å². The molecular weight excluding hydrogens is 516 g/mol. The third-order valence-corrected chi connectivity index (χ3v) is 8.14. The molecule has 4 heteroatoms. The highest BCUT2D eigenvalue weighted by molar-refractivity contribution is 6.28. The average Bonchev–Trinajstić information content (AvgIpc) is 3.06. The molecule has 6 aromatic rings. The highest BCUT2D eigenvalue weighted by atomic mass is 16.1. The number of carbonyl (C=O) groups is 2. The van der Waals surface area contributed by atoms with E-state index >= 15 is 0 Å². The predicted octanol–water partition coefficient (Wildman–Crippen LogP) is 9.32. The van der Waals surface area contributed by atoms with E-state index in [-0.39, 0.29) is 11.6 Å². The fourth-order valence-electron chi connectivity index (χ4n) is 6.16. The number of ketones is 2. The van der Waals surface area contributed by atoms with Crippen molar-refractivity contribution >= 4 is 40.0 Å². The third-order valence-electron chi connectivity index (χ3n) is 8.14. The fraction of sp³-hybridized carbons (Fsp3) is 0. The lowest BCUT2D eigenvalue weighted by Crippen LogP contribution is -2.20. The molecule has 1 N–H and O–H groups in total. The van der Waals surface area contributed by atoms with E-state index < -0.39 is 0 Å². The molecule has 0 amide bonds. The minimum atomic E-state index is -0.114. The Bertz CT molecular complexity index is 2060. The Morgan fingerprint density at radius 2 is 0.929 bits per heavy atom. The second-order valence-corrected chi connectivity index (χ2v) is 10.6. The Hall–Kier alpha value is -5.74. The zero-order valence-electron chi connectivity index (χ0n) is 22.5. The number of fused-ring (bicyclic) bond motifs is 4. The summed E-state index contributed by atoms with van der Waals surface area (Å²) in [5.41, 5.74) is 11.1. The molecule has 1 aliphatic heterocycles. The summed E-state index contributed by atoms with van der Waals surface area (Å²) in [6, 6.07) is 46.1. The number of carbonyl (C=O) groups excluding carboxylic acids is 2. The lowest BCUT2D eigenvalue weighted by molar-refractivity contribution is 0.0979. The van der Waals surface area contributed by atoms with Gasteiger partial charge in [0, 0.05) is 27.9 Å². The standard InChI is InChI=1S/C38H24N2O2/c41-37-29-14-6-7-15-30(29)38(42)32-22-24(18-20-31(32)37)27-12-4-5-13-28(27)25-19-21-36-34(23-25)39-33-16-8-9-17-35(33)40(36)26-10-2-1-3-11-26/h1-23,39H. The van der Waals surface area contributed by atoms with Crippen LogP contribution in [0.25, 0.3) is 22.3 Å². The lowest BCUT2D eigenvalue weighted by atomic mass is 9.82. The molecule has 0 aromatic heterocycles. The van der Waals surface area contributed by atoms with Crippen molar-refractivity contribution in [2.75, 3.05) is 10.2 Å². The average molecular weight is 541 g/mol. The van der Waals surface area contributed by atoms with Crippen LogP contribution in [0.15, 0.2) is 140 Å². The first kappa shape index (κ1) is 24.1. The van der Waals surface area contributed by atoms with Gasteiger partial charge in [-0.05, 0) is 70.8 Å². The summed E-state index contributed by atoms with van der Waals surface area (Å²) in [6.07, 6.45) is 0. The van der Waals surface area contributed by atoms with E-state index in [1.54, 1.807) is 30.3 Å². The number of nitrogens with one attached hydrogen (secondary N) is 1. The van der Waals surface area contributed by atoms with Crippen LogP contribution >= 0.6 is 0 Å². The zero-order valence-corrected chi connectivity index (χ0v) is 22.5. The molecule has 0 saturated heterocycles. The van der Waals surface area contributed by atoms with Crippen LogP contribution in [0.1, 0.15) is 31.8 Å². The maximum absolute atomic E-state index is 13.4.